The van der Waals surface area contributed by atoms with Crippen LogP contribution < -0.4 is 0 Å². The predicted octanol–water partition coefficient (Wildman–Crippen LogP) is 0.954. The van der Waals surface area contributed by atoms with Crippen molar-refractivity contribution in [2.24, 2.45) is 0 Å². The summed E-state index contributed by atoms with van der Waals surface area (Å²) in [5.74, 6) is 0.461. The van der Waals surface area contributed by atoms with E-state index in [4.69, 9.17) is 11.6 Å². The molecule has 0 unspecified atom stereocenters. The molecule has 0 aliphatic rings. The summed E-state index contributed by atoms with van der Waals surface area (Å²) in [5.41, 5.74) is 0. The van der Waals surface area contributed by atoms with Crippen LogP contribution in [0.3, 0.4) is 0 Å². The lowest BCUT2D eigenvalue weighted by atomic mass is 10.6. The van der Waals surface area contributed by atoms with Crippen molar-refractivity contribution in [3.8, 4) is 0 Å². The molecule has 0 saturated heterocycles. The van der Waals surface area contributed by atoms with Crippen LogP contribution in [0, 0.1) is 0 Å². The van der Waals surface area contributed by atoms with Crippen molar-refractivity contribution in [2.45, 2.75) is 0 Å². The van der Waals surface area contributed by atoms with Crippen molar-refractivity contribution >= 4 is 18.1 Å². The summed E-state index contributed by atoms with van der Waals surface area (Å²) in [6.07, 6.45) is 3.40. The summed E-state index contributed by atoms with van der Waals surface area (Å²) in [5, 5.41) is 0. The van der Waals surface area contributed by atoms with Gasteiger partial charge in [0.05, 0.1) is 0 Å². The van der Waals surface area contributed by atoms with Gasteiger partial charge in [0.15, 0.2) is 0 Å². The van der Waals surface area contributed by atoms with Gasteiger partial charge in [-0.15, -0.1) is 11.6 Å². The van der Waals surface area contributed by atoms with Crippen LogP contribution >= 0.6 is 11.6 Å². The van der Waals surface area contributed by atoms with E-state index >= 15 is 0 Å². The molecule has 0 radical (unpaired) electrons. The van der Waals surface area contributed by atoms with Crippen molar-refractivity contribution in [1.29, 1.82) is 0 Å². The second-order valence-corrected chi connectivity index (χ2v) is 1.36. The molecule has 0 atom stereocenters. The maximum absolute atomic E-state index is 9.48. The Morgan fingerprint density at radius 3 is 2.75 bits per heavy atom. The largest absolute Gasteiger partial charge is 0.464 e. The van der Waals surface area contributed by atoms with Crippen molar-refractivity contribution < 1.29 is 9.53 Å². The lowest BCUT2D eigenvalue weighted by Crippen LogP contribution is -1.84. The molecule has 46 valence electrons. The number of rotatable bonds is 4. The summed E-state index contributed by atoms with van der Waals surface area (Å²) in [6.45, 7) is 0.717. The number of hydrogen-bond acceptors (Lipinski definition) is 2. The van der Waals surface area contributed by atoms with Crippen LogP contribution in [0.5, 0.6) is 0 Å². The van der Waals surface area contributed by atoms with Crippen LogP contribution in [0.4, 0.5) is 0 Å². The fourth-order valence-corrected chi connectivity index (χ4v) is 0.352. The van der Waals surface area contributed by atoms with Crippen LogP contribution in [0.15, 0.2) is 12.2 Å². The highest BCUT2D eigenvalue weighted by Crippen LogP contribution is 1.77. The van der Waals surface area contributed by atoms with E-state index in [2.05, 4.69) is 4.74 Å². The molecule has 0 aliphatic heterocycles. The number of allylic oxidation sites excluding steroid dienone is 1. The molecule has 8 heavy (non-hydrogen) atoms. The molecule has 0 amide bonds. The van der Waals surface area contributed by atoms with E-state index in [1.807, 2.05) is 0 Å². The number of alkyl halides is 1. The normalized spacial score (nSPS) is 9.62. The van der Waals surface area contributed by atoms with Crippen molar-refractivity contribution in [2.75, 3.05) is 12.5 Å². The third kappa shape index (κ3) is 5.50. The average Bonchev–Trinajstić information content (AvgIpc) is 1.81. The van der Waals surface area contributed by atoms with E-state index in [0.29, 0.717) is 19.0 Å². The van der Waals surface area contributed by atoms with E-state index in [1.54, 1.807) is 12.2 Å². The minimum absolute atomic E-state index is 0.316. The number of carbonyl (C=O) groups is 1. The summed E-state index contributed by atoms with van der Waals surface area (Å²) in [4.78, 5) is 9.48. The molecule has 0 heterocycles. The number of carbonyl (C=O) groups excluding carboxylic acids is 1. The monoisotopic (exact) mass is 134 g/mol. The standard InChI is InChI=1S/C5H7ClO2/c6-3-1-2-4-8-5-7/h1-2,5H,3-4H2. The number of halogens is 1. The second kappa shape index (κ2) is 6.50. The highest BCUT2D eigenvalue weighted by Gasteiger charge is 1.71. The Morgan fingerprint density at radius 2 is 2.25 bits per heavy atom. The minimum atomic E-state index is 0.316. The Morgan fingerprint density at radius 1 is 1.50 bits per heavy atom. The third-order valence-electron chi connectivity index (χ3n) is 0.516. The minimum Gasteiger partial charge on any atom is -0.464 e. The molecule has 0 rings (SSSR count). The average molecular weight is 135 g/mol. The number of ether oxygens (including phenoxy) is 1. The molecule has 0 bridgehead atoms. The highest BCUT2D eigenvalue weighted by atomic mass is 35.5. The fraction of sp³-hybridized carbons (Fsp3) is 0.400. The molecule has 0 aromatic rings. The van der Waals surface area contributed by atoms with E-state index in [-0.39, 0.29) is 0 Å². The fourth-order valence-electron chi connectivity index (χ4n) is 0.226. The van der Waals surface area contributed by atoms with Crippen LogP contribution in [-0.4, -0.2) is 19.0 Å². The topological polar surface area (TPSA) is 26.3 Å². The molecule has 2 nitrogen and oxygen atoms in total. The smallest absolute Gasteiger partial charge is 0.293 e. The van der Waals surface area contributed by atoms with Gasteiger partial charge in [-0.3, -0.25) is 4.79 Å². The number of hydrogen-bond donors (Lipinski definition) is 0. The summed E-state index contributed by atoms with van der Waals surface area (Å²) >= 11 is 5.25. The van der Waals surface area contributed by atoms with Crippen LogP contribution in [0.25, 0.3) is 0 Å². The molecular weight excluding hydrogens is 128 g/mol. The third-order valence-corrected chi connectivity index (χ3v) is 0.694. The summed E-state index contributed by atoms with van der Waals surface area (Å²) in [7, 11) is 0. The van der Waals surface area contributed by atoms with E-state index in [1.165, 1.54) is 0 Å². The van der Waals surface area contributed by atoms with Gasteiger partial charge >= 0.3 is 0 Å². The van der Waals surface area contributed by atoms with Crippen LogP contribution in [-0.2, 0) is 9.53 Å². The lowest BCUT2D eigenvalue weighted by Gasteiger charge is -1.85. The van der Waals surface area contributed by atoms with Gasteiger partial charge in [-0.05, 0) is 0 Å². The molecule has 0 aromatic carbocycles. The van der Waals surface area contributed by atoms with Gasteiger partial charge < -0.3 is 4.74 Å². The molecule has 0 N–H and O–H groups in total. The van der Waals surface area contributed by atoms with Gasteiger partial charge in [-0.2, -0.15) is 0 Å². The Hall–Kier alpha value is -0.500. The molecular formula is C5H7ClO2. The quantitative estimate of drug-likeness (QED) is 0.248. The van der Waals surface area contributed by atoms with Gasteiger partial charge in [0.2, 0.25) is 0 Å². The molecule has 0 fully saturated rings. The first-order valence-corrected chi connectivity index (χ1v) is 2.71. The van der Waals surface area contributed by atoms with Gasteiger partial charge in [0, 0.05) is 5.88 Å². The maximum atomic E-state index is 9.48. The molecule has 0 spiro atoms. The second-order valence-electron chi connectivity index (χ2n) is 1.06. The van der Waals surface area contributed by atoms with Crippen molar-refractivity contribution in [3.05, 3.63) is 12.2 Å². The van der Waals surface area contributed by atoms with Gasteiger partial charge in [-0.25, -0.2) is 0 Å². The zero-order chi connectivity index (χ0) is 6.24. The Kier molecular flexibility index (Phi) is 6.09. The van der Waals surface area contributed by atoms with Gasteiger partial charge in [-0.1, -0.05) is 12.2 Å². The van der Waals surface area contributed by atoms with Crippen LogP contribution in [0.2, 0.25) is 0 Å². The molecule has 3 heteroatoms. The van der Waals surface area contributed by atoms with E-state index < -0.39 is 0 Å². The molecule has 0 aliphatic carbocycles. The molecule has 0 saturated carbocycles. The highest BCUT2D eigenvalue weighted by molar-refractivity contribution is 6.18. The zero-order valence-corrected chi connectivity index (χ0v) is 5.10. The summed E-state index contributed by atoms with van der Waals surface area (Å²) in [6, 6.07) is 0. The first-order chi connectivity index (χ1) is 3.91. The van der Waals surface area contributed by atoms with Crippen molar-refractivity contribution in [3.63, 3.8) is 0 Å². The first kappa shape index (κ1) is 7.50. The van der Waals surface area contributed by atoms with Crippen molar-refractivity contribution in [1.82, 2.24) is 0 Å². The van der Waals surface area contributed by atoms with Crippen LogP contribution in [0.1, 0.15) is 0 Å². The molecule has 0 aromatic heterocycles. The predicted molar refractivity (Wildman–Crippen MR) is 31.9 cm³/mol. The van der Waals surface area contributed by atoms with E-state index in [9.17, 15) is 4.79 Å². The Bertz CT molecular complexity index is 80.5. The first-order valence-electron chi connectivity index (χ1n) is 2.18. The Balaban J connectivity index is 2.90. The van der Waals surface area contributed by atoms with Gasteiger partial charge in [0.25, 0.3) is 6.47 Å². The lowest BCUT2D eigenvalue weighted by molar-refractivity contribution is -0.127. The SMILES string of the molecule is O=COCC=CCCl. The zero-order valence-electron chi connectivity index (χ0n) is 4.34. The maximum Gasteiger partial charge on any atom is 0.293 e. The van der Waals surface area contributed by atoms with E-state index in [0.717, 1.165) is 0 Å². The summed E-state index contributed by atoms with van der Waals surface area (Å²) < 4.78 is 4.31. The Labute approximate surface area is 53.1 Å². The van der Waals surface area contributed by atoms with Gasteiger partial charge in [0.1, 0.15) is 6.61 Å².